The molecule has 31 heavy (non-hydrogen) atoms. The first-order chi connectivity index (χ1) is 15.0. The third-order valence-corrected chi connectivity index (χ3v) is 5.51. The van der Waals surface area contributed by atoms with Gasteiger partial charge in [0.1, 0.15) is 0 Å². The van der Waals surface area contributed by atoms with Crippen molar-refractivity contribution >= 4 is 28.4 Å². The van der Waals surface area contributed by atoms with Crippen LogP contribution in [0.2, 0.25) is 0 Å². The Balaban J connectivity index is 1.68. The van der Waals surface area contributed by atoms with Gasteiger partial charge in [0.15, 0.2) is 11.5 Å². The number of fused-ring (bicyclic) bond motifs is 2. The van der Waals surface area contributed by atoms with Crippen molar-refractivity contribution in [1.29, 1.82) is 0 Å². The summed E-state index contributed by atoms with van der Waals surface area (Å²) in [7, 11) is 3.10. The zero-order valence-electron chi connectivity index (χ0n) is 18.1. The van der Waals surface area contributed by atoms with E-state index in [0.717, 1.165) is 37.1 Å². The molecule has 0 atom stereocenters. The van der Waals surface area contributed by atoms with Gasteiger partial charge < -0.3 is 20.1 Å². The van der Waals surface area contributed by atoms with Crippen LogP contribution in [0.5, 0.6) is 11.5 Å². The molecule has 0 unspecified atom stereocenters. The Morgan fingerprint density at radius 3 is 2.77 bits per heavy atom. The summed E-state index contributed by atoms with van der Waals surface area (Å²) in [5.41, 5.74) is 9.70. The predicted molar refractivity (Wildman–Crippen MR) is 123 cm³/mol. The van der Waals surface area contributed by atoms with Crippen LogP contribution in [0.15, 0.2) is 40.1 Å². The van der Waals surface area contributed by atoms with Crippen LogP contribution < -0.4 is 25.7 Å². The maximum absolute atomic E-state index is 12.7. The number of benzene rings is 2. The second-order valence-corrected chi connectivity index (χ2v) is 7.55. The van der Waals surface area contributed by atoms with Gasteiger partial charge in [0, 0.05) is 25.6 Å². The predicted octanol–water partition coefficient (Wildman–Crippen LogP) is 3.29. The van der Waals surface area contributed by atoms with E-state index >= 15 is 0 Å². The van der Waals surface area contributed by atoms with E-state index in [4.69, 9.17) is 20.2 Å². The number of methoxy groups -OCH3 is 2. The van der Waals surface area contributed by atoms with E-state index in [-0.39, 0.29) is 5.56 Å². The summed E-state index contributed by atoms with van der Waals surface area (Å²) < 4.78 is 10.7. The lowest BCUT2D eigenvalue weighted by Crippen LogP contribution is -2.33. The second kappa shape index (κ2) is 8.67. The van der Waals surface area contributed by atoms with Crippen LogP contribution in [0.1, 0.15) is 30.9 Å². The molecule has 4 rings (SSSR count). The lowest BCUT2D eigenvalue weighted by Gasteiger charge is -2.30. The van der Waals surface area contributed by atoms with Crippen molar-refractivity contribution in [3.63, 3.8) is 0 Å². The molecule has 2 heterocycles. The first-order valence-corrected chi connectivity index (χ1v) is 10.4. The Labute approximate surface area is 180 Å². The number of nitrogens with one attached hydrogen (secondary N) is 1. The maximum Gasteiger partial charge on any atom is 0.260 e. The largest absolute Gasteiger partial charge is 0.493 e. The van der Waals surface area contributed by atoms with Crippen molar-refractivity contribution in [2.24, 2.45) is 10.7 Å². The number of nitrogens with zero attached hydrogens (tertiary/aromatic N) is 3. The Morgan fingerprint density at radius 1 is 1.26 bits per heavy atom. The SMILES string of the molecule is CCCC(N)=Nc1cccc2c1CCN(c1nc3cc(OC)c(OC)cc3c(=O)[nH]1)C2. The summed E-state index contributed by atoms with van der Waals surface area (Å²) in [4.78, 5) is 27.1. The van der Waals surface area contributed by atoms with Crippen molar-refractivity contribution in [3.8, 4) is 11.5 Å². The number of amidine groups is 1. The lowest BCUT2D eigenvalue weighted by molar-refractivity contribution is 0.355. The molecule has 0 saturated carbocycles. The van der Waals surface area contributed by atoms with Crippen LogP contribution in [0, 0.1) is 0 Å². The molecule has 0 spiro atoms. The van der Waals surface area contributed by atoms with Gasteiger partial charge in [-0.3, -0.25) is 9.78 Å². The third-order valence-electron chi connectivity index (χ3n) is 5.51. The van der Waals surface area contributed by atoms with E-state index in [2.05, 4.69) is 27.9 Å². The fourth-order valence-electron chi connectivity index (χ4n) is 3.94. The highest BCUT2D eigenvalue weighted by molar-refractivity contribution is 5.84. The van der Waals surface area contributed by atoms with Crippen LogP contribution in [0.4, 0.5) is 11.6 Å². The summed E-state index contributed by atoms with van der Waals surface area (Å²) in [5, 5.41) is 0.460. The standard InChI is InChI=1S/C23H27N5O3/c1-4-6-21(24)25-17-8-5-7-14-13-28(10-9-15(14)17)23-26-18-12-20(31-3)19(30-2)11-16(18)22(29)27-23/h5,7-8,11-12H,4,6,9-10,13H2,1-3H3,(H2,24,25)(H,26,27,29). The molecule has 8 heteroatoms. The highest BCUT2D eigenvalue weighted by Gasteiger charge is 2.21. The summed E-state index contributed by atoms with van der Waals surface area (Å²) in [6.07, 6.45) is 2.55. The number of nitrogens with two attached hydrogens (primary N) is 1. The van der Waals surface area contributed by atoms with Crippen molar-refractivity contribution in [2.45, 2.75) is 32.7 Å². The molecule has 0 fully saturated rings. The fraction of sp³-hybridized carbons (Fsp3) is 0.348. The molecule has 0 bridgehead atoms. The highest BCUT2D eigenvalue weighted by atomic mass is 16.5. The number of anilines is 1. The second-order valence-electron chi connectivity index (χ2n) is 7.55. The van der Waals surface area contributed by atoms with Crippen molar-refractivity contribution in [3.05, 3.63) is 51.8 Å². The van der Waals surface area contributed by atoms with E-state index in [9.17, 15) is 4.79 Å². The molecule has 1 aromatic heterocycles. The summed E-state index contributed by atoms with van der Waals surface area (Å²) in [5.74, 6) is 2.23. The summed E-state index contributed by atoms with van der Waals surface area (Å²) in [6, 6.07) is 9.47. The van der Waals surface area contributed by atoms with Crippen molar-refractivity contribution in [2.75, 3.05) is 25.7 Å². The van der Waals surface area contributed by atoms with Gasteiger partial charge in [-0.1, -0.05) is 19.1 Å². The van der Waals surface area contributed by atoms with Gasteiger partial charge in [-0.15, -0.1) is 0 Å². The number of ether oxygens (including phenoxy) is 2. The topological polar surface area (TPSA) is 106 Å². The lowest BCUT2D eigenvalue weighted by atomic mass is 9.98. The van der Waals surface area contributed by atoms with Crippen molar-refractivity contribution < 1.29 is 9.47 Å². The average Bonchev–Trinajstić information content (AvgIpc) is 2.78. The van der Waals surface area contributed by atoms with Crippen LogP contribution in [-0.2, 0) is 13.0 Å². The minimum Gasteiger partial charge on any atom is -0.493 e. The molecular formula is C23H27N5O3. The van der Waals surface area contributed by atoms with E-state index < -0.39 is 0 Å². The minimum absolute atomic E-state index is 0.211. The van der Waals surface area contributed by atoms with Gasteiger partial charge in [-0.2, -0.15) is 0 Å². The normalized spacial score (nSPS) is 13.9. The number of aromatic nitrogens is 2. The monoisotopic (exact) mass is 421 g/mol. The molecule has 0 saturated heterocycles. The Bertz CT molecular complexity index is 1200. The van der Waals surface area contributed by atoms with Gasteiger partial charge in [0.2, 0.25) is 5.95 Å². The number of H-pyrrole nitrogens is 1. The van der Waals surface area contributed by atoms with E-state index in [1.807, 2.05) is 12.1 Å². The van der Waals surface area contributed by atoms with Gasteiger partial charge in [-0.05, 0) is 36.1 Å². The molecule has 2 aromatic carbocycles. The fourth-order valence-corrected chi connectivity index (χ4v) is 3.94. The van der Waals surface area contributed by atoms with Crippen molar-refractivity contribution in [1.82, 2.24) is 9.97 Å². The van der Waals surface area contributed by atoms with Gasteiger partial charge in [0.25, 0.3) is 5.56 Å². The molecule has 8 nitrogen and oxygen atoms in total. The zero-order valence-corrected chi connectivity index (χ0v) is 18.1. The van der Waals surface area contributed by atoms with Crippen LogP contribution >= 0.6 is 0 Å². The Hall–Kier alpha value is -3.55. The Kier molecular flexibility index (Phi) is 5.79. The first kappa shape index (κ1) is 20.7. The Morgan fingerprint density at radius 2 is 2.03 bits per heavy atom. The molecule has 1 aliphatic heterocycles. The quantitative estimate of drug-likeness (QED) is 0.467. The number of rotatable bonds is 6. The third kappa shape index (κ3) is 4.05. The number of aromatic amines is 1. The first-order valence-electron chi connectivity index (χ1n) is 10.4. The summed E-state index contributed by atoms with van der Waals surface area (Å²) in [6.45, 7) is 3.44. The molecule has 162 valence electrons. The minimum atomic E-state index is -0.211. The molecule has 3 N–H and O–H groups in total. The van der Waals surface area contributed by atoms with E-state index in [1.54, 1.807) is 26.4 Å². The van der Waals surface area contributed by atoms with Crippen LogP contribution in [-0.4, -0.2) is 36.6 Å². The number of hydrogen-bond donors (Lipinski definition) is 2. The van der Waals surface area contributed by atoms with E-state index in [1.165, 1.54) is 5.56 Å². The maximum atomic E-state index is 12.7. The van der Waals surface area contributed by atoms with E-state index in [0.29, 0.717) is 40.7 Å². The summed E-state index contributed by atoms with van der Waals surface area (Å²) >= 11 is 0. The number of aliphatic imine (C=N–C) groups is 1. The molecular weight excluding hydrogens is 394 g/mol. The van der Waals surface area contributed by atoms with Crippen LogP contribution in [0.3, 0.4) is 0 Å². The average molecular weight is 422 g/mol. The molecule has 1 aliphatic rings. The van der Waals surface area contributed by atoms with Gasteiger partial charge >= 0.3 is 0 Å². The molecule has 0 aliphatic carbocycles. The highest BCUT2D eigenvalue weighted by Crippen LogP contribution is 2.32. The molecule has 0 radical (unpaired) electrons. The number of hydrogen-bond acceptors (Lipinski definition) is 6. The smallest absolute Gasteiger partial charge is 0.260 e. The molecule has 3 aromatic rings. The molecule has 0 amide bonds. The van der Waals surface area contributed by atoms with Crippen LogP contribution in [0.25, 0.3) is 10.9 Å². The van der Waals surface area contributed by atoms with Gasteiger partial charge in [0.05, 0.1) is 36.6 Å². The van der Waals surface area contributed by atoms with Gasteiger partial charge in [-0.25, -0.2) is 9.98 Å². The zero-order chi connectivity index (χ0) is 22.0.